The van der Waals surface area contributed by atoms with Gasteiger partial charge in [0.25, 0.3) is 0 Å². The van der Waals surface area contributed by atoms with Crippen molar-refractivity contribution in [3.05, 3.63) is 71.8 Å². The lowest BCUT2D eigenvalue weighted by Gasteiger charge is -2.44. The number of fused-ring (bicyclic) bond motifs is 2. The summed E-state index contributed by atoms with van der Waals surface area (Å²) in [5.41, 5.74) is 13.8. The molecule has 2 bridgehead atoms. The second-order valence-corrected chi connectivity index (χ2v) is 14.4. The van der Waals surface area contributed by atoms with Gasteiger partial charge in [0.2, 0.25) is 23.6 Å². The number of nitrogens with two attached hydrogens (primary N) is 2. The molecule has 7 atom stereocenters. The molecule has 0 radical (unpaired) electrons. The van der Waals surface area contributed by atoms with Gasteiger partial charge in [-0.25, -0.2) is 0 Å². The highest BCUT2D eigenvalue weighted by Crippen LogP contribution is 2.34. The number of likely N-dealkylation sites (tertiary alicyclic amines) is 2. The summed E-state index contributed by atoms with van der Waals surface area (Å²) >= 11 is 0. The largest absolute Gasteiger partial charge is 0.465 e. The zero-order valence-corrected chi connectivity index (χ0v) is 30.5. The maximum absolute atomic E-state index is 14.5. The quantitative estimate of drug-likeness (QED) is 0.138. The second kappa shape index (κ2) is 18.4. The minimum absolute atomic E-state index is 0.0585. The third kappa shape index (κ3) is 9.75. The summed E-state index contributed by atoms with van der Waals surface area (Å²) in [4.78, 5) is 73.7. The van der Waals surface area contributed by atoms with E-state index in [1.807, 2.05) is 72.5 Å². The zero-order chi connectivity index (χ0) is 37.2. The molecule has 3 aliphatic rings. The number of rotatable bonds is 17. The van der Waals surface area contributed by atoms with Crippen LogP contribution >= 0.6 is 0 Å². The van der Waals surface area contributed by atoms with Crippen LogP contribution in [0.5, 0.6) is 0 Å². The first-order chi connectivity index (χ1) is 25.1. The topological polar surface area (TPSA) is 180 Å². The number of unbranched alkanes of at least 4 members (excludes halogenated alkanes) is 1. The summed E-state index contributed by atoms with van der Waals surface area (Å²) in [6.45, 7) is 5.82. The van der Waals surface area contributed by atoms with Crippen LogP contribution < -0.4 is 22.1 Å². The van der Waals surface area contributed by atoms with E-state index in [0.717, 1.165) is 24.0 Å². The number of piperazine rings is 1. The molecule has 0 saturated carbocycles. The molecule has 7 unspecified atom stereocenters. The van der Waals surface area contributed by atoms with Gasteiger partial charge in [0.15, 0.2) is 0 Å². The minimum Gasteiger partial charge on any atom is -0.465 e. The molecule has 2 aromatic carbocycles. The molecule has 13 nitrogen and oxygen atoms in total. The van der Waals surface area contributed by atoms with Crippen LogP contribution in [0.3, 0.4) is 0 Å². The van der Waals surface area contributed by atoms with Crippen molar-refractivity contribution in [1.29, 1.82) is 0 Å². The number of amides is 4. The molecule has 4 amide bonds. The van der Waals surface area contributed by atoms with Crippen molar-refractivity contribution >= 4 is 29.6 Å². The number of carbonyl (C=O) groups is 5. The molecule has 6 N–H and O–H groups in total. The molecule has 2 aromatic rings. The Labute approximate surface area is 306 Å². The van der Waals surface area contributed by atoms with Gasteiger partial charge in [-0.05, 0) is 76.5 Å². The summed E-state index contributed by atoms with van der Waals surface area (Å²) in [7, 11) is 0. The molecule has 3 heterocycles. The van der Waals surface area contributed by atoms with E-state index < -0.39 is 36.0 Å². The van der Waals surface area contributed by atoms with E-state index >= 15 is 0 Å². The first-order valence-corrected chi connectivity index (χ1v) is 18.8. The zero-order valence-electron chi connectivity index (χ0n) is 30.5. The summed E-state index contributed by atoms with van der Waals surface area (Å²) in [5, 5.41) is 5.77. The van der Waals surface area contributed by atoms with Gasteiger partial charge >= 0.3 is 5.97 Å². The van der Waals surface area contributed by atoms with Crippen LogP contribution in [-0.2, 0) is 41.6 Å². The highest BCUT2D eigenvalue weighted by Gasteiger charge is 2.49. The van der Waals surface area contributed by atoms with Gasteiger partial charge in [0.05, 0.1) is 19.2 Å². The first kappa shape index (κ1) is 38.9. The molecule has 282 valence electrons. The Morgan fingerprint density at radius 2 is 1.52 bits per heavy atom. The average molecular weight is 718 g/mol. The molecule has 5 rings (SSSR count). The number of nitrogens with zero attached hydrogens (tertiary/aromatic N) is 3. The van der Waals surface area contributed by atoms with Gasteiger partial charge in [-0.3, -0.25) is 28.9 Å². The fraction of sp³-hybridized carbons (Fsp3) is 0.564. The van der Waals surface area contributed by atoms with Crippen LogP contribution in [0.15, 0.2) is 60.7 Å². The normalized spacial score (nSPS) is 23.2. The number of hydrogen-bond acceptors (Lipinski definition) is 9. The van der Waals surface area contributed by atoms with Crippen molar-refractivity contribution in [3.63, 3.8) is 0 Å². The van der Waals surface area contributed by atoms with E-state index in [1.165, 1.54) is 0 Å². The Morgan fingerprint density at radius 3 is 2.12 bits per heavy atom. The number of carbonyl (C=O) groups excluding carboxylic acids is 5. The smallest absolute Gasteiger partial charge is 0.320 e. The maximum atomic E-state index is 14.5. The van der Waals surface area contributed by atoms with Crippen LogP contribution in [0.1, 0.15) is 63.5 Å². The molecule has 0 aliphatic carbocycles. The van der Waals surface area contributed by atoms with Gasteiger partial charge in [-0.2, -0.15) is 0 Å². The number of benzene rings is 2. The van der Waals surface area contributed by atoms with Crippen LogP contribution in [-0.4, -0.2) is 119 Å². The number of nitrogens with one attached hydrogen (secondary N) is 2. The number of ether oxygens (including phenoxy) is 1. The molecule has 3 fully saturated rings. The number of hydrogen-bond donors (Lipinski definition) is 4. The summed E-state index contributed by atoms with van der Waals surface area (Å²) in [6, 6.07) is 14.9. The monoisotopic (exact) mass is 717 g/mol. The van der Waals surface area contributed by atoms with Crippen molar-refractivity contribution in [2.45, 2.75) is 108 Å². The SMILES string of the molecule is CCOC(=O)CN1CC2CCC(C1)N2C(=O)C(CCCCN)N1C(=O)C(NC(=O)C(Cc2ccccc2)NC(=O)C(N)Cc2ccccc2)CC1C. The van der Waals surface area contributed by atoms with Gasteiger partial charge in [0, 0.05) is 37.6 Å². The van der Waals surface area contributed by atoms with Gasteiger partial charge in [0.1, 0.15) is 18.1 Å². The lowest BCUT2D eigenvalue weighted by Crippen LogP contribution is -2.61. The molecule has 0 aromatic heterocycles. The van der Waals surface area contributed by atoms with E-state index in [2.05, 4.69) is 15.5 Å². The third-order valence-corrected chi connectivity index (χ3v) is 10.5. The molecular weight excluding hydrogens is 662 g/mol. The van der Waals surface area contributed by atoms with E-state index in [-0.39, 0.29) is 48.9 Å². The first-order valence-electron chi connectivity index (χ1n) is 18.8. The summed E-state index contributed by atoms with van der Waals surface area (Å²) in [6.07, 6.45) is 4.35. The predicted octanol–water partition coefficient (Wildman–Crippen LogP) is 1.13. The third-order valence-electron chi connectivity index (χ3n) is 10.5. The lowest BCUT2D eigenvalue weighted by atomic mass is 10.0. The Morgan fingerprint density at radius 1 is 0.904 bits per heavy atom. The maximum Gasteiger partial charge on any atom is 0.320 e. The van der Waals surface area contributed by atoms with E-state index in [9.17, 15) is 24.0 Å². The number of esters is 1. The molecule has 13 heteroatoms. The van der Waals surface area contributed by atoms with E-state index in [0.29, 0.717) is 58.3 Å². The van der Waals surface area contributed by atoms with Crippen LogP contribution in [0.25, 0.3) is 0 Å². The fourth-order valence-corrected chi connectivity index (χ4v) is 8.01. The van der Waals surface area contributed by atoms with Crippen molar-refractivity contribution in [2.75, 3.05) is 32.8 Å². The van der Waals surface area contributed by atoms with Crippen molar-refractivity contribution in [2.24, 2.45) is 11.5 Å². The highest BCUT2D eigenvalue weighted by atomic mass is 16.5. The molecule has 3 saturated heterocycles. The average Bonchev–Trinajstić information content (AvgIpc) is 3.56. The van der Waals surface area contributed by atoms with Crippen molar-refractivity contribution in [1.82, 2.24) is 25.3 Å². The second-order valence-electron chi connectivity index (χ2n) is 14.4. The Kier molecular flexibility index (Phi) is 13.8. The standard InChI is InChI=1S/C39H55N7O6/c1-3-52-35(47)25-44-23-29-17-18-30(24-44)46(29)39(51)34(16-10-11-19-40)45-26(2)20-33(38(45)50)43-37(49)32(22-28-14-8-5-9-15-28)42-36(48)31(41)21-27-12-6-4-7-13-27/h4-9,12-15,26,29-34H,3,10-11,16-25,40-41H2,1-2H3,(H,42,48)(H,43,49). The highest BCUT2D eigenvalue weighted by molar-refractivity contribution is 5.96. The Balaban J connectivity index is 1.28. The molecule has 3 aliphatic heterocycles. The van der Waals surface area contributed by atoms with Crippen molar-refractivity contribution < 1.29 is 28.7 Å². The van der Waals surface area contributed by atoms with Gasteiger partial charge in [-0.15, -0.1) is 0 Å². The minimum atomic E-state index is -0.975. The molecule has 52 heavy (non-hydrogen) atoms. The lowest BCUT2D eigenvalue weighted by molar-refractivity contribution is -0.151. The van der Waals surface area contributed by atoms with Crippen LogP contribution in [0, 0.1) is 0 Å². The van der Waals surface area contributed by atoms with Gasteiger partial charge < -0.3 is 36.6 Å². The summed E-state index contributed by atoms with van der Waals surface area (Å²) < 4.78 is 5.16. The van der Waals surface area contributed by atoms with E-state index in [1.54, 1.807) is 11.8 Å². The Bertz CT molecular complexity index is 1510. The van der Waals surface area contributed by atoms with Crippen LogP contribution in [0.2, 0.25) is 0 Å². The van der Waals surface area contributed by atoms with Crippen LogP contribution in [0.4, 0.5) is 0 Å². The molecular formula is C39H55N7O6. The molecule has 0 spiro atoms. The van der Waals surface area contributed by atoms with Gasteiger partial charge in [-0.1, -0.05) is 60.7 Å². The van der Waals surface area contributed by atoms with E-state index in [4.69, 9.17) is 16.2 Å². The fourth-order valence-electron chi connectivity index (χ4n) is 8.01. The predicted molar refractivity (Wildman–Crippen MR) is 196 cm³/mol. The van der Waals surface area contributed by atoms with Crippen molar-refractivity contribution in [3.8, 4) is 0 Å². The Hall–Kier alpha value is -4.33. The summed E-state index contributed by atoms with van der Waals surface area (Å²) in [5.74, 6) is -1.63.